The van der Waals surface area contributed by atoms with E-state index in [1.54, 1.807) is 0 Å². The number of rotatable bonds is 4. The van der Waals surface area contributed by atoms with E-state index >= 15 is 0 Å². The van der Waals surface area contributed by atoms with Crippen molar-refractivity contribution in [2.45, 2.75) is 26.2 Å². The van der Waals surface area contributed by atoms with Gasteiger partial charge in [-0.2, -0.15) is 5.10 Å². The summed E-state index contributed by atoms with van der Waals surface area (Å²) in [4.78, 5) is 14.3. The van der Waals surface area contributed by atoms with Gasteiger partial charge in [-0.25, -0.2) is 0 Å². The van der Waals surface area contributed by atoms with E-state index in [1.165, 1.54) is 0 Å². The minimum Gasteiger partial charge on any atom is -0.337 e. The molecule has 1 fully saturated rings. The van der Waals surface area contributed by atoms with Crippen molar-refractivity contribution < 1.29 is 4.79 Å². The summed E-state index contributed by atoms with van der Waals surface area (Å²) in [5, 5.41) is 7.54. The molecular formula is C14H24N4O. The van der Waals surface area contributed by atoms with Crippen molar-refractivity contribution >= 4 is 5.91 Å². The summed E-state index contributed by atoms with van der Waals surface area (Å²) in [7, 11) is 3.86. The molecule has 2 heterocycles. The summed E-state index contributed by atoms with van der Waals surface area (Å²) in [5.41, 5.74) is 1.69. The van der Waals surface area contributed by atoms with E-state index in [4.69, 9.17) is 0 Å². The molecule has 0 spiro atoms. The highest BCUT2D eigenvalue weighted by Gasteiger charge is 2.28. The fraction of sp³-hybridized carbons (Fsp3) is 0.714. The molecule has 1 amide bonds. The average Bonchev–Trinajstić information content (AvgIpc) is 2.95. The van der Waals surface area contributed by atoms with Gasteiger partial charge in [0.25, 0.3) is 5.91 Å². The molecule has 1 aliphatic heterocycles. The average molecular weight is 264 g/mol. The van der Waals surface area contributed by atoms with Crippen molar-refractivity contribution in [3.63, 3.8) is 0 Å². The Morgan fingerprint density at radius 3 is 2.89 bits per heavy atom. The van der Waals surface area contributed by atoms with Crippen molar-refractivity contribution in [3.8, 4) is 0 Å². The van der Waals surface area contributed by atoms with E-state index < -0.39 is 0 Å². The third-order valence-electron chi connectivity index (χ3n) is 3.79. The van der Waals surface area contributed by atoms with Crippen molar-refractivity contribution in [2.24, 2.45) is 13.0 Å². The smallest absolute Gasteiger partial charge is 0.274 e. The van der Waals surface area contributed by atoms with Crippen molar-refractivity contribution in [2.75, 3.05) is 26.7 Å². The zero-order valence-corrected chi connectivity index (χ0v) is 12.3. The molecule has 5 nitrogen and oxygen atoms in total. The van der Waals surface area contributed by atoms with Crippen LogP contribution in [-0.2, 0) is 7.05 Å². The number of hydrogen-bond donors (Lipinski definition) is 1. The zero-order chi connectivity index (χ0) is 14.0. The maximum absolute atomic E-state index is 12.4. The summed E-state index contributed by atoms with van der Waals surface area (Å²) >= 11 is 0. The Hall–Kier alpha value is -1.36. The summed E-state index contributed by atoms with van der Waals surface area (Å²) in [6.07, 6.45) is 1.08. The summed E-state index contributed by atoms with van der Waals surface area (Å²) in [6, 6.07) is 1.93. The second-order valence-electron chi connectivity index (χ2n) is 5.70. The topological polar surface area (TPSA) is 50.2 Å². The number of nitrogens with one attached hydrogen (secondary N) is 1. The second-order valence-corrected chi connectivity index (χ2v) is 5.70. The summed E-state index contributed by atoms with van der Waals surface area (Å²) < 4.78 is 1.82. The molecule has 1 aliphatic rings. The minimum atomic E-state index is 0.0705. The van der Waals surface area contributed by atoms with E-state index in [0.717, 1.165) is 31.7 Å². The number of carbonyl (C=O) groups is 1. The normalized spacial score (nSPS) is 19.4. The monoisotopic (exact) mass is 264 g/mol. The Labute approximate surface area is 115 Å². The first-order valence-corrected chi connectivity index (χ1v) is 7.00. The first kappa shape index (κ1) is 14.1. The van der Waals surface area contributed by atoms with Gasteiger partial charge >= 0.3 is 0 Å². The van der Waals surface area contributed by atoms with Gasteiger partial charge in [0.2, 0.25) is 0 Å². The Morgan fingerprint density at radius 1 is 1.58 bits per heavy atom. The van der Waals surface area contributed by atoms with Gasteiger partial charge in [-0.15, -0.1) is 0 Å². The van der Waals surface area contributed by atoms with Crippen LogP contribution in [0.2, 0.25) is 0 Å². The number of aromatic nitrogens is 2. The Balaban J connectivity index is 2.06. The standard InChI is InChI=1S/C14H24N4O/c1-10(2)13-7-12(16-17(13)4)14(19)18-6-5-11(9-18)8-15-3/h7,10-11,15H,5-6,8-9H2,1-4H3/t11-/m0/s1. The fourth-order valence-electron chi connectivity index (χ4n) is 2.76. The van der Waals surface area contributed by atoms with Gasteiger partial charge in [0.15, 0.2) is 5.69 Å². The van der Waals surface area contributed by atoms with Gasteiger partial charge in [0.05, 0.1) is 0 Å². The molecule has 106 valence electrons. The van der Waals surface area contributed by atoms with Crippen LogP contribution in [-0.4, -0.2) is 47.3 Å². The molecule has 1 atom stereocenters. The third kappa shape index (κ3) is 2.97. The second kappa shape index (κ2) is 5.74. The maximum atomic E-state index is 12.4. The lowest BCUT2D eigenvalue weighted by molar-refractivity contribution is 0.0780. The number of carbonyl (C=O) groups excluding carboxylic acids is 1. The van der Waals surface area contributed by atoms with E-state index in [9.17, 15) is 4.79 Å². The lowest BCUT2D eigenvalue weighted by Gasteiger charge is -2.14. The van der Waals surface area contributed by atoms with Crippen LogP contribution in [0.15, 0.2) is 6.07 Å². The van der Waals surface area contributed by atoms with Crippen LogP contribution in [0.4, 0.5) is 0 Å². The van der Waals surface area contributed by atoms with E-state index in [-0.39, 0.29) is 5.91 Å². The van der Waals surface area contributed by atoms with Gasteiger partial charge in [-0.1, -0.05) is 13.8 Å². The summed E-state index contributed by atoms with van der Waals surface area (Å²) in [6.45, 7) is 6.89. The fourth-order valence-corrected chi connectivity index (χ4v) is 2.76. The largest absolute Gasteiger partial charge is 0.337 e. The van der Waals surface area contributed by atoms with Crippen LogP contribution >= 0.6 is 0 Å². The number of hydrogen-bond acceptors (Lipinski definition) is 3. The zero-order valence-electron chi connectivity index (χ0n) is 12.3. The molecule has 5 heteroatoms. The third-order valence-corrected chi connectivity index (χ3v) is 3.79. The minimum absolute atomic E-state index is 0.0705. The van der Waals surface area contributed by atoms with Gasteiger partial charge in [-0.05, 0) is 37.9 Å². The molecule has 1 saturated heterocycles. The first-order chi connectivity index (χ1) is 9.02. The predicted octanol–water partition coefficient (Wildman–Crippen LogP) is 1.22. The van der Waals surface area contributed by atoms with Gasteiger partial charge in [0, 0.05) is 25.8 Å². The first-order valence-electron chi connectivity index (χ1n) is 7.00. The van der Waals surface area contributed by atoms with Crippen molar-refractivity contribution in [1.82, 2.24) is 20.0 Å². The van der Waals surface area contributed by atoms with Gasteiger partial charge in [-0.3, -0.25) is 9.48 Å². The number of amides is 1. The number of nitrogens with zero attached hydrogens (tertiary/aromatic N) is 3. The van der Waals surface area contributed by atoms with Gasteiger partial charge in [0.1, 0.15) is 0 Å². The van der Waals surface area contributed by atoms with Crippen LogP contribution in [0.25, 0.3) is 0 Å². The Morgan fingerprint density at radius 2 is 2.32 bits per heavy atom. The highest BCUT2D eigenvalue weighted by Crippen LogP contribution is 2.20. The van der Waals surface area contributed by atoms with Crippen LogP contribution in [0.1, 0.15) is 42.4 Å². The number of likely N-dealkylation sites (tertiary alicyclic amines) is 1. The van der Waals surface area contributed by atoms with Crippen molar-refractivity contribution in [1.29, 1.82) is 0 Å². The molecular weight excluding hydrogens is 240 g/mol. The summed E-state index contributed by atoms with van der Waals surface area (Å²) in [5.74, 6) is 1.03. The maximum Gasteiger partial charge on any atom is 0.274 e. The molecule has 0 saturated carbocycles. The molecule has 1 aromatic rings. The number of aryl methyl sites for hydroxylation is 1. The van der Waals surface area contributed by atoms with Crippen LogP contribution in [0, 0.1) is 5.92 Å². The van der Waals surface area contributed by atoms with E-state index in [1.807, 2.05) is 29.7 Å². The Bertz CT molecular complexity index is 452. The lowest BCUT2D eigenvalue weighted by Crippen LogP contribution is -2.30. The lowest BCUT2D eigenvalue weighted by atomic mass is 10.1. The molecule has 1 N–H and O–H groups in total. The molecule has 0 unspecified atom stereocenters. The molecule has 0 radical (unpaired) electrons. The molecule has 0 bridgehead atoms. The Kier molecular flexibility index (Phi) is 4.24. The molecule has 2 rings (SSSR count). The van der Waals surface area contributed by atoms with E-state index in [2.05, 4.69) is 24.3 Å². The van der Waals surface area contributed by atoms with Crippen LogP contribution in [0.3, 0.4) is 0 Å². The quantitative estimate of drug-likeness (QED) is 0.889. The molecule has 1 aromatic heterocycles. The van der Waals surface area contributed by atoms with Crippen LogP contribution in [0.5, 0.6) is 0 Å². The molecule has 19 heavy (non-hydrogen) atoms. The highest BCUT2D eigenvalue weighted by atomic mass is 16.2. The van der Waals surface area contributed by atoms with E-state index in [0.29, 0.717) is 17.5 Å². The molecule has 0 aromatic carbocycles. The van der Waals surface area contributed by atoms with Crippen LogP contribution < -0.4 is 5.32 Å². The van der Waals surface area contributed by atoms with Crippen molar-refractivity contribution in [3.05, 3.63) is 17.5 Å². The molecule has 0 aliphatic carbocycles. The SMILES string of the molecule is CNC[C@@H]1CCN(C(=O)c2cc(C(C)C)n(C)n2)C1. The predicted molar refractivity (Wildman–Crippen MR) is 75.2 cm³/mol. The highest BCUT2D eigenvalue weighted by molar-refractivity contribution is 5.92. The van der Waals surface area contributed by atoms with Gasteiger partial charge < -0.3 is 10.2 Å².